The molecule has 0 aliphatic heterocycles. The van der Waals surface area contributed by atoms with Crippen molar-refractivity contribution in [1.29, 1.82) is 0 Å². The molecular weight excluding hydrogens is 344 g/mol. The van der Waals surface area contributed by atoms with Crippen LogP contribution in [0.3, 0.4) is 0 Å². The summed E-state index contributed by atoms with van der Waals surface area (Å²) in [5, 5.41) is 2.34. The monoisotopic (exact) mass is 364 g/mol. The van der Waals surface area contributed by atoms with Gasteiger partial charge in [0.15, 0.2) is 5.78 Å². The molecule has 0 aliphatic carbocycles. The molecule has 4 rings (SSSR count). The van der Waals surface area contributed by atoms with E-state index in [0.29, 0.717) is 17.9 Å². The minimum absolute atomic E-state index is 0.0724. The van der Waals surface area contributed by atoms with Crippen LogP contribution in [0.25, 0.3) is 16.8 Å². The van der Waals surface area contributed by atoms with Gasteiger partial charge < -0.3 is 4.74 Å². The Labute approximate surface area is 164 Å². The third-order valence-corrected chi connectivity index (χ3v) is 4.59. The molecule has 0 saturated carbocycles. The molecule has 4 aromatic rings. The number of hydrogen-bond donors (Lipinski definition) is 0. The SMILES string of the molecule is O=C(/C=C/c1ccc2ccccc2c1)c1ccccc1OCc1ccccc1. The highest BCUT2D eigenvalue weighted by Gasteiger charge is 2.09. The van der Waals surface area contributed by atoms with E-state index in [9.17, 15) is 4.79 Å². The van der Waals surface area contributed by atoms with Crippen LogP contribution >= 0.6 is 0 Å². The smallest absolute Gasteiger partial charge is 0.189 e. The molecule has 0 heterocycles. The fraction of sp³-hybridized carbons (Fsp3) is 0.0385. The number of carbonyl (C=O) groups excluding carboxylic acids is 1. The lowest BCUT2D eigenvalue weighted by Gasteiger charge is -2.09. The van der Waals surface area contributed by atoms with Crippen molar-refractivity contribution in [2.75, 3.05) is 0 Å². The van der Waals surface area contributed by atoms with Crippen LogP contribution in [0.15, 0.2) is 103 Å². The molecule has 28 heavy (non-hydrogen) atoms. The van der Waals surface area contributed by atoms with E-state index in [1.165, 1.54) is 5.39 Å². The molecule has 2 nitrogen and oxygen atoms in total. The van der Waals surface area contributed by atoms with Gasteiger partial charge in [-0.25, -0.2) is 0 Å². The molecule has 136 valence electrons. The first-order chi connectivity index (χ1) is 13.8. The topological polar surface area (TPSA) is 26.3 Å². The third-order valence-electron chi connectivity index (χ3n) is 4.59. The van der Waals surface area contributed by atoms with Crippen LogP contribution in [-0.4, -0.2) is 5.78 Å². The summed E-state index contributed by atoms with van der Waals surface area (Å²) >= 11 is 0. The first-order valence-electron chi connectivity index (χ1n) is 9.26. The summed E-state index contributed by atoms with van der Waals surface area (Å²) in [7, 11) is 0. The van der Waals surface area contributed by atoms with E-state index in [1.54, 1.807) is 12.1 Å². The lowest BCUT2D eigenvalue weighted by Crippen LogP contribution is -2.02. The van der Waals surface area contributed by atoms with Gasteiger partial charge in [-0.15, -0.1) is 0 Å². The number of ether oxygens (including phenoxy) is 1. The summed E-state index contributed by atoms with van der Waals surface area (Å²) in [6.07, 6.45) is 3.46. The molecule has 0 radical (unpaired) electrons. The van der Waals surface area contributed by atoms with E-state index in [-0.39, 0.29) is 5.78 Å². The van der Waals surface area contributed by atoms with Gasteiger partial charge in [0.2, 0.25) is 0 Å². The largest absolute Gasteiger partial charge is 0.488 e. The Kier molecular flexibility index (Phi) is 5.30. The highest BCUT2D eigenvalue weighted by molar-refractivity contribution is 6.08. The minimum atomic E-state index is -0.0724. The number of rotatable bonds is 6. The molecule has 0 N–H and O–H groups in total. The van der Waals surface area contributed by atoms with Crippen molar-refractivity contribution >= 4 is 22.6 Å². The van der Waals surface area contributed by atoms with Crippen molar-refractivity contribution < 1.29 is 9.53 Å². The summed E-state index contributed by atoms with van der Waals surface area (Å²) in [6, 6.07) is 31.6. The van der Waals surface area contributed by atoms with Crippen molar-refractivity contribution in [3.8, 4) is 5.75 Å². The second kappa shape index (κ2) is 8.36. The van der Waals surface area contributed by atoms with Gasteiger partial charge in [0.1, 0.15) is 12.4 Å². The predicted octanol–water partition coefficient (Wildman–Crippen LogP) is 6.31. The Morgan fingerprint density at radius 1 is 0.750 bits per heavy atom. The van der Waals surface area contributed by atoms with E-state index in [0.717, 1.165) is 16.5 Å². The summed E-state index contributed by atoms with van der Waals surface area (Å²) < 4.78 is 5.90. The van der Waals surface area contributed by atoms with Crippen molar-refractivity contribution in [1.82, 2.24) is 0 Å². The molecule has 0 spiro atoms. The number of benzene rings is 4. The molecule has 4 aromatic carbocycles. The van der Waals surface area contributed by atoms with Crippen molar-refractivity contribution in [2.24, 2.45) is 0 Å². The molecule has 0 atom stereocenters. The van der Waals surface area contributed by atoms with Crippen LogP contribution in [0.4, 0.5) is 0 Å². The van der Waals surface area contributed by atoms with E-state index >= 15 is 0 Å². The number of ketones is 1. The Morgan fingerprint density at radius 2 is 1.46 bits per heavy atom. The Morgan fingerprint density at radius 3 is 2.32 bits per heavy atom. The number of para-hydroxylation sites is 1. The van der Waals surface area contributed by atoms with Crippen LogP contribution in [-0.2, 0) is 6.61 Å². The van der Waals surface area contributed by atoms with Crippen molar-refractivity contribution in [3.05, 3.63) is 120 Å². The van der Waals surface area contributed by atoms with Gasteiger partial charge in [0.05, 0.1) is 5.56 Å². The second-order valence-electron chi connectivity index (χ2n) is 6.57. The van der Waals surface area contributed by atoms with Gasteiger partial charge in [0, 0.05) is 0 Å². The maximum atomic E-state index is 12.7. The molecular formula is C26H20O2. The molecule has 0 aromatic heterocycles. The fourth-order valence-electron chi connectivity index (χ4n) is 3.10. The quantitative estimate of drug-likeness (QED) is 0.296. The zero-order valence-corrected chi connectivity index (χ0v) is 15.4. The van der Waals surface area contributed by atoms with Crippen molar-refractivity contribution in [2.45, 2.75) is 6.61 Å². The first kappa shape index (κ1) is 17.7. The zero-order valence-electron chi connectivity index (χ0n) is 15.4. The van der Waals surface area contributed by atoms with Crippen LogP contribution in [0, 0.1) is 0 Å². The Balaban J connectivity index is 1.51. The Hall–Kier alpha value is -3.65. The first-order valence-corrected chi connectivity index (χ1v) is 9.26. The van der Waals surface area contributed by atoms with Crippen molar-refractivity contribution in [3.63, 3.8) is 0 Å². The minimum Gasteiger partial charge on any atom is -0.488 e. The van der Waals surface area contributed by atoms with Gasteiger partial charge in [-0.1, -0.05) is 84.9 Å². The van der Waals surface area contributed by atoms with Crippen LogP contribution in [0.1, 0.15) is 21.5 Å². The molecule has 0 aliphatic rings. The number of allylic oxidation sites excluding steroid dienone is 1. The normalized spacial score (nSPS) is 11.0. The Bertz CT molecular complexity index is 1130. The summed E-state index contributed by atoms with van der Waals surface area (Å²) in [5.74, 6) is 0.524. The number of fused-ring (bicyclic) bond motifs is 1. The fourth-order valence-corrected chi connectivity index (χ4v) is 3.10. The highest BCUT2D eigenvalue weighted by atomic mass is 16.5. The van der Waals surface area contributed by atoms with Crippen LogP contribution in [0.5, 0.6) is 5.75 Å². The molecule has 0 unspecified atom stereocenters. The molecule has 0 saturated heterocycles. The number of hydrogen-bond acceptors (Lipinski definition) is 2. The maximum absolute atomic E-state index is 12.7. The molecule has 2 heteroatoms. The maximum Gasteiger partial charge on any atom is 0.189 e. The van der Waals surface area contributed by atoms with Gasteiger partial charge in [-0.2, -0.15) is 0 Å². The highest BCUT2D eigenvalue weighted by Crippen LogP contribution is 2.21. The lowest BCUT2D eigenvalue weighted by molar-refractivity contribution is 0.104. The van der Waals surface area contributed by atoms with Crippen LogP contribution in [0.2, 0.25) is 0 Å². The predicted molar refractivity (Wildman–Crippen MR) is 115 cm³/mol. The molecule has 0 fully saturated rings. The summed E-state index contributed by atoms with van der Waals surface area (Å²) in [6.45, 7) is 0.430. The number of carbonyl (C=O) groups is 1. The molecule has 0 amide bonds. The lowest BCUT2D eigenvalue weighted by atomic mass is 10.0. The van der Waals surface area contributed by atoms with Gasteiger partial charge >= 0.3 is 0 Å². The van der Waals surface area contributed by atoms with Gasteiger partial charge in [0.25, 0.3) is 0 Å². The second-order valence-corrected chi connectivity index (χ2v) is 6.57. The standard InChI is InChI=1S/C26H20O2/c27-25(17-15-20-14-16-22-10-4-5-11-23(22)18-20)24-12-6-7-13-26(24)28-19-21-8-2-1-3-9-21/h1-18H,19H2/b17-15+. The third kappa shape index (κ3) is 4.18. The van der Waals surface area contributed by atoms with E-state index < -0.39 is 0 Å². The zero-order chi connectivity index (χ0) is 19.2. The summed E-state index contributed by atoms with van der Waals surface area (Å²) in [4.78, 5) is 12.7. The van der Waals surface area contributed by atoms with Gasteiger partial charge in [-0.3, -0.25) is 4.79 Å². The van der Waals surface area contributed by atoms with E-state index in [4.69, 9.17) is 4.74 Å². The average molecular weight is 364 g/mol. The molecule has 0 bridgehead atoms. The van der Waals surface area contributed by atoms with E-state index in [1.807, 2.05) is 72.8 Å². The van der Waals surface area contributed by atoms with E-state index in [2.05, 4.69) is 24.3 Å². The summed E-state index contributed by atoms with van der Waals surface area (Å²) in [5.41, 5.74) is 2.63. The average Bonchev–Trinajstić information content (AvgIpc) is 2.77. The van der Waals surface area contributed by atoms with Gasteiger partial charge in [-0.05, 0) is 46.2 Å². The van der Waals surface area contributed by atoms with Crippen LogP contribution < -0.4 is 4.74 Å².